The molecule has 4 heterocycles. The lowest BCUT2D eigenvalue weighted by molar-refractivity contribution is 1.07. The molecule has 65 heavy (non-hydrogen) atoms. The quantitative estimate of drug-likeness (QED) is 0.161. The Morgan fingerprint density at radius 1 is 0.292 bits per heavy atom. The number of nitrogens with zero attached hydrogens (tertiary/aromatic N) is 6. The minimum absolute atomic E-state index is 0.628. The van der Waals surface area contributed by atoms with Crippen LogP contribution >= 0.6 is 0 Å². The van der Waals surface area contributed by atoms with E-state index in [0.717, 1.165) is 61.4 Å². The Labute approximate surface area is 374 Å². The summed E-state index contributed by atoms with van der Waals surface area (Å²) >= 11 is 0. The molecule has 4 aromatic heterocycles. The SMILES string of the molecule is c1ccc(-c2nc(-c3ccccc3)nc(-c3cccc(-c4cccc(-n5c6ccccc6c6ccc7c(c8cc9ccn(-c%10ccccc%10)c9cc8n7-c7ccccc7)c65)c4)c3)n2)cc1. The fourth-order valence-electron chi connectivity index (χ4n) is 9.72. The van der Waals surface area contributed by atoms with Gasteiger partial charge in [-0.2, -0.15) is 0 Å². The molecule has 0 aliphatic rings. The van der Waals surface area contributed by atoms with Crippen LogP contribution in [0.2, 0.25) is 0 Å². The molecule has 9 aromatic carbocycles. The number of para-hydroxylation sites is 3. The number of rotatable bonds is 7. The summed E-state index contributed by atoms with van der Waals surface area (Å²) in [5.41, 5.74) is 14.2. The topological polar surface area (TPSA) is 53.5 Å². The maximum atomic E-state index is 5.04. The standard InChI is InChI=1S/C59H38N6/c1-5-17-39(18-6-1)57-60-58(40-19-7-2-8-20-40)62-59(61-57)44-23-15-21-41(35-44)42-22-16-28-47(36-42)65-51-30-14-13-29-48(51)49-31-32-52-55(56(49)65)50-37-43-33-34-63(45-24-9-3-10-25-45)53(43)38-54(50)64(52)46-26-11-4-12-27-46/h1-38H. The van der Waals surface area contributed by atoms with Crippen molar-refractivity contribution in [3.8, 4) is 62.4 Å². The molecule has 6 nitrogen and oxygen atoms in total. The van der Waals surface area contributed by atoms with Gasteiger partial charge in [-0.1, -0.05) is 152 Å². The van der Waals surface area contributed by atoms with E-state index in [1.54, 1.807) is 0 Å². The van der Waals surface area contributed by atoms with Crippen LogP contribution in [0.5, 0.6) is 0 Å². The van der Waals surface area contributed by atoms with E-state index in [-0.39, 0.29) is 0 Å². The van der Waals surface area contributed by atoms with Gasteiger partial charge in [0, 0.05) is 66.9 Å². The zero-order valence-corrected chi connectivity index (χ0v) is 35.1. The summed E-state index contributed by atoms with van der Waals surface area (Å²) in [5.74, 6) is 1.91. The number of fused-ring (bicyclic) bond motifs is 8. The van der Waals surface area contributed by atoms with E-state index in [0.29, 0.717) is 17.5 Å². The minimum atomic E-state index is 0.628. The van der Waals surface area contributed by atoms with Crippen LogP contribution in [-0.4, -0.2) is 28.7 Å². The third-order valence-electron chi connectivity index (χ3n) is 12.7. The summed E-state index contributed by atoms with van der Waals surface area (Å²) < 4.78 is 7.20. The van der Waals surface area contributed by atoms with Gasteiger partial charge < -0.3 is 13.7 Å². The molecule has 0 N–H and O–H groups in total. The molecule has 13 aromatic rings. The Hall–Kier alpha value is -8.87. The van der Waals surface area contributed by atoms with Gasteiger partial charge in [-0.15, -0.1) is 0 Å². The Kier molecular flexibility index (Phi) is 8.42. The minimum Gasteiger partial charge on any atom is -0.316 e. The van der Waals surface area contributed by atoms with Crippen molar-refractivity contribution in [2.75, 3.05) is 0 Å². The van der Waals surface area contributed by atoms with Gasteiger partial charge in [0.2, 0.25) is 0 Å². The van der Waals surface area contributed by atoms with Crippen LogP contribution in [0.3, 0.4) is 0 Å². The zero-order chi connectivity index (χ0) is 42.8. The van der Waals surface area contributed by atoms with Gasteiger partial charge in [-0.3, -0.25) is 0 Å². The molecule has 0 radical (unpaired) electrons. The summed E-state index contributed by atoms with van der Waals surface area (Å²) in [6, 6.07) is 79.5. The number of hydrogen-bond acceptors (Lipinski definition) is 3. The maximum absolute atomic E-state index is 5.04. The van der Waals surface area contributed by atoms with Crippen molar-refractivity contribution in [2.24, 2.45) is 0 Å². The molecule has 0 saturated heterocycles. The van der Waals surface area contributed by atoms with Crippen LogP contribution in [0.1, 0.15) is 0 Å². The predicted molar refractivity (Wildman–Crippen MR) is 267 cm³/mol. The van der Waals surface area contributed by atoms with E-state index in [9.17, 15) is 0 Å². The van der Waals surface area contributed by atoms with Crippen molar-refractivity contribution < 1.29 is 0 Å². The molecule has 0 atom stereocenters. The van der Waals surface area contributed by atoms with E-state index in [2.05, 4.69) is 184 Å². The molecule has 0 saturated carbocycles. The first-order valence-corrected chi connectivity index (χ1v) is 21.9. The van der Waals surface area contributed by atoms with Gasteiger partial charge in [0.15, 0.2) is 17.5 Å². The second kappa shape index (κ2) is 14.9. The van der Waals surface area contributed by atoms with E-state index < -0.39 is 0 Å². The second-order valence-electron chi connectivity index (χ2n) is 16.5. The van der Waals surface area contributed by atoms with Gasteiger partial charge in [-0.25, -0.2) is 15.0 Å². The van der Waals surface area contributed by atoms with Crippen LogP contribution in [0.4, 0.5) is 0 Å². The van der Waals surface area contributed by atoms with Gasteiger partial charge in [-0.05, 0) is 83.9 Å². The van der Waals surface area contributed by atoms with E-state index in [1.807, 2.05) is 60.7 Å². The molecule has 0 spiro atoms. The van der Waals surface area contributed by atoms with Crippen molar-refractivity contribution >= 4 is 54.5 Å². The highest BCUT2D eigenvalue weighted by Crippen LogP contribution is 2.44. The number of aromatic nitrogens is 6. The lowest BCUT2D eigenvalue weighted by Gasteiger charge is -2.12. The van der Waals surface area contributed by atoms with Crippen LogP contribution in [-0.2, 0) is 0 Å². The molecule has 6 heteroatoms. The first-order chi connectivity index (χ1) is 32.2. The number of benzene rings is 9. The summed E-state index contributed by atoms with van der Waals surface area (Å²) in [6.07, 6.45) is 2.19. The van der Waals surface area contributed by atoms with Crippen molar-refractivity contribution in [3.05, 3.63) is 231 Å². The monoisotopic (exact) mass is 830 g/mol. The third kappa shape index (κ3) is 6.07. The molecule has 0 amide bonds. The average molecular weight is 831 g/mol. The van der Waals surface area contributed by atoms with E-state index in [1.165, 1.54) is 38.0 Å². The van der Waals surface area contributed by atoms with Crippen molar-refractivity contribution in [1.29, 1.82) is 0 Å². The van der Waals surface area contributed by atoms with E-state index >= 15 is 0 Å². The molecule has 304 valence electrons. The van der Waals surface area contributed by atoms with Crippen LogP contribution in [0, 0.1) is 0 Å². The third-order valence-corrected chi connectivity index (χ3v) is 12.7. The second-order valence-corrected chi connectivity index (χ2v) is 16.5. The fourth-order valence-corrected chi connectivity index (χ4v) is 9.72. The highest BCUT2D eigenvalue weighted by Gasteiger charge is 2.22. The van der Waals surface area contributed by atoms with Crippen molar-refractivity contribution in [2.45, 2.75) is 0 Å². The summed E-state index contributed by atoms with van der Waals surface area (Å²) in [7, 11) is 0. The van der Waals surface area contributed by atoms with Gasteiger partial charge in [0.25, 0.3) is 0 Å². The number of hydrogen-bond donors (Lipinski definition) is 0. The molecule has 0 aliphatic heterocycles. The van der Waals surface area contributed by atoms with Gasteiger partial charge >= 0.3 is 0 Å². The first-order valence-electron chi connectivity index (χ1n) is 21.9. The Morgan fingerprint density at radius 2 is 0.846 bits per heavy atom. The Balaban J connectivity index is 1.02. The van der Waals surface area contributed by atoms with Gasteiger partial charge in [0.1, 0.15) is 0 Å². The zero-order valence-electron chi connectivity index (χ0n) is 35.1. The molecule has 13 rings (SSSR count). The smallest absolute Gasteiger partial charge is 0.164 e. The normalized spacial score (nSPS) is 11.7. The predicted octanol–water partition coefficient (Wildman–Crippen LogP) is 14.7. The molecule has 0 aliphatic carbocycles. The Morgan fingerprint density at radius 3 is 1.55 bits per heavy atom. The lowest BCUT2D eigenvalue weighted by Crippen LogP contribution is -2.00. The van der Waals surface area contributed by atoms with E-state index in [4.69, 9.17) is 15.0 Å². The summed E-state index contributed by atoms with van der Waals surface area (Å²) in [5, 5.41) is 6.06. The molecule has 0 unspecified atom stereocenters. The molecule has 0 fully saturated rings. The van der Waals surface area contributed by atoms with Crippen molar-refractivity contribution in [3.63, 3.8) is 0 Å². The molecule has 0 bridgehead atoms. The lowest BCUT2D eigenvalue weighted by atomic mass is 10.0. The molecular weight excluding hydrogens is 793 g/mol. The summed E-state index contributed by atoms with van der Waals surface area (Å²) in [4.78, 5) is 15.0. The van der Waals surface area contributed by atoms with Crippen LogP contribution in [0.25, 0.3) is 117 Å². The first kappa shape index (κ1) is 36.8. The van der Waals surface area contributed by atoms with Crippen LogP contribution in [0.15, 0.2) is 231 Å². The maximum Gasteiger partial charge on any atom is 0.164 e. The highest BCUT2D eigenvalue weighted by atomic mass is 15.0. The summed E-state index contributed by atoms with van der Waals surface area (Å²) in [6.45, 7) is 0. The largest absolute Gasteiger partial charge is 0.316 e. The average Bonchev–Trinajstić information content (AvgIpc) is 4.06. The fraction of sp³-hybridized carbons (Fsp3) is 0. The van der Waals surface area contributed by atoms with Crippen LogP contribution < -0.4 is 0 Å². The van der Waals surface area contributed by atoms with Crippen molar-refractivity contribution in [1.82, 2.24) is 28.7 Å². The highest BCUT2D eigenvalue weighted by molar-refractivity contribution is 6.27. The molecular formula is C59H38N6. The van der Waals surface area contributed by atoms with Gasteiger partial charge in [0.05, 0.1) is 27.6 Å². The Bertz CT molecular complexity index is 3870.